The number of rotatable bonds is 6. The zero-order valence-corrected chi connectivity index (χ0v) is 19.0. The number of sulfonamides is 1. The van der Waals surface area contributed by atoms with Crippen LogP contribution in [0.3, 0.4) is 0 Å². The Morgan fingerprint density at radius 2 is 1.77 bits per heavy atom. The van der Waals surface area contributed by atoms with Crippen molar-refractivity contribution in [2.45, 2.75) is 31.6 Å². The second-order valence-corrected chi connectivity index (χ2v) is 9.52. The Hall–Kier alpha value is -2.58. The first-order chi connectivity index (χ1) is 14.7. The molecule has 0 saturated carbocycles. The molecule has 1 aliphatic heterocycles. The van der Waals surface area contributed by atoms with Gasteiger partial charge in [0.1, 0.15) is 0 Å². The standard InChI is InChI=1S/C22H25ClN2O5S/c1-3-30-22(27)16-10-12-25(13-11-16)21(26)17-6-9-20(19(23)14-17)24-31(28,29)18-7-4-15(2)5-8-18/h4-9,14,16,24H,3,10-13H2,1-2H3. The molecule has 0 spiro atoms. The minimum atomic E-state index is -3.80. The summed E-state index contributed by atoms with van der Waals surface area (Å²) in [6.45, 7) is 4.88. The van der Waals surface area contributed by atoms with Crippen molar-refractivity contribution < 1.29 is 22.7 Å². The molecule has 0 radical (unpaired) electrons. The van der Waals surface area contributed by atoms with Gasteiger partial charge in [0.25, 0.3) is 15.9 Å². The first kappa shape index (κ1) is 23.1. The number of ether oxygens (including phenoxy) is 1. The van der Waals surface area contributed by atoms with Crippen LogP contribution in [0.1, 0.15) is 35.7 Å². The first-order valence-electron chi connectivity index (χ1n) is 10.1. The van der Waals surface area contributed by atoms with Gasteiger partial charge in [-0.05, 0) is 57.0 Å². The monoisotopic (exact) mass is 464 g/mol. The number of hydrogen-bond donors (Lipinski definition) is 1. The molecule has 0 aliphatic carbocycles. The van der Waals surface area contributed by atoms with Crippen molar-refractivity contribution >= 4 is 39.2 Å². The molecular weight excluding hydrogens is 440 g/mol. The number of nitrogens with one attached hydrogen (secondary N) is 1. The highest BCUT2D eigenvalue weighted by Gasteiger charge is 2.29. The van der Waals surface area contributed by atoms with E-state index < -0.39 is 10.0 Å². The quantitative estimate of drug-likeness (QED) is 0.655. The van der Waals surface area contributed by atoms with Crippen molar-refractivity contribution in [3.05, 3.63) is 58.6 Å². The predicted molar refractivity (Wildman–Crippen MR) is 119 cm³/mol. The summed E-state index contributed by atoms with van der Waals surface area (Å²) in [5, 5.41) is 0.128. The van der Waals surface area contributed by atoms with E-state index in [1.54, 1.807) is 30.0 Å². The summed E-state index contributed by atoms with van der Waals surface area (Å²) in [5.74, 6) is -0.619. The van der Waals surface area contributed by atoms with Gasteiger partial charge >= 0.3 is 5.97 Å². The van der Waals surface area contributed by atoms with Crippen LogP contribution in [-0.2, 0) is 19.6 Å². The molecule has 1 fully saturated rings. The number of benzene rings is 2. The van der Waals surface area contributed by atoms with E-state index in [1.165, 1.54) is 24.3 Å². The molecule has 0 atom stereocenters. The first-order valence-corrected chi connectivity index (χ1v) is 11.9. The molecule has 9 heteroatoms. The smallest absolute Gasteiger partial charge is 0.309 e. The van der Waals surface area contributed by atoms with Crippen LogP contribution in [0.15, 0.2) is 47.4 Å². The molecule has 1 heterocycles. The Bertz CT molecular complexity index is 1060. The van der Waals surface area contributed by atoms with Gasteiger partial charge in [0.15, 0.2) is 0 Å². The number of anilines is 1. The highest BCUT2D eigenvalue weighted by Crippen LogP contribution is 2.27. The number of aryl methyl sites for hydroxylation is 1. The third kappa shape index (κ3) is 5.57. The molecule has 166 valence electrons. The summed E-state index contributed by atoms with van der Waals surface area (Å²) in [6.07, 6.45) is 1.10. The van der Waals surface area contributed by atoms with Crippen LogP contribution in [0.25, 0.3) is 0 Å². The number of amides is 1. The fourth-order valence-electron chi connectivity index (χ4n) is 3.41. The van der Waals surface area contributed by atoms with Crippen LogP contribution in [0.2, 0.25) is 5.02 Å². The number of esters is 1. The molecule has 31 heavy (non-hydrogen) atoms. The fourth-order valence-corrected chi connectivity index (χ4v) is 4.78. The third-order valence-electron chi connectivity index (χ3n) is 5.19. The maximum Gasteiger partial charge on any atom is 0.309 e. The molecule has 1 saturated heterocycles. The summed E-state index contributed by atoms with van der Waals surface area (Å²) >= 11 is 6.27. The van der Waals surface area contributed by atoms with E-state index in [2.05, 4.69) is 4.72 Å². The Labute approximate surface area is 187 Å². The van der Waals surface area contributed by atoms with Crippen LogP contribution in [0.4, 0.5) is 5.69 Å². The van der Waals surface area contributed by atoms with Gasteiger partial charge < -0.3 is 9.64 Å². The summed E-state index contributed by atoms with van der Waals surface area (Å²) in [4.78, 5) is 26.5. The second-order valence-electron chi connectivity index (χ2n) is 7.43. The van der Waals surface area contributed by atoms with Gasteiger partial charge in [0.05, 0.1) is 28.1 Å². The van der Waals surface area contributed by atoms with Crippen LogP contribution in [0.5, 0.6) is 0 Å². The molecule has 2 aromatic carbocycles. The Morgan fingerprint density at radius 3 is 2.35 bits per heavy atom. The van der Waals surface area contributed by atoms with Gasteiger partial charge in [0.2, 0.25) is 0 Å². The van der Waals surface area contributed by atoms with Crippen molar-refractivity contribution in [2.24, 2.45) is 5.92 Å². The summed E-state index contributed by atoms with van der Waals surface area (Å²) in [5.41, 5.74) is 1.50. The molecule has 0 aromatic heterocycles. The van der Waals surface area contributed by atoms with E-state index in [4.69, 9.17) is 16.3 Å². The SMILES string of the molecule is CCOC(=O)C1CCN(C(=O)c2ccc(NS(=O)(=O)c3ccc(C)cc3)c(Cl)c2)CC1. The molecule has 2 aromatic rings. The highest BCUT2D eigenvalue weighted by atomic mass is 35.5. The molecule has 1 N–H and O–H groups in total. The third-order valence-corrected chi connectivity index (χ3v) is 6.89. The maximum atomic E-state index is 12.8. The van der Waals surface area contributed by atoms with E-state index in [0.29, 0.717) is 38.1 Å². The average molecular weight is 465 g/mol. The van der Waals surface area contributed by atoms with E-state index in [9.17, 15) is 18.0 Å². The lowest BCUT2D eigenvalue weighted by Crippen LogP contribution is -2.40. The van der Waals surface area contributed by atoms with Gasteiger partial charge in [-0.15, -0.1) is 0 Å². The largest absolute Gasteiger partial charge is 0.466 e. The number of halogens is 1. The van der Waals surface area contributed by atoms with Crippen LogP contribution in [0, 0.1) is 12.8 Å². The minimum absolute atomic E-state index is 0.124. The molecular formula is C22H25ClN2O5S. The molecule has 7 nitrogen and oxygen atoms in total. The van der Waals surface area contributed by atoms with Crippen molar-refractivity contribution in [1.29, 1.82) is 0 Å². The van der Waals surface area contributed by atoms with Gasteiger partial charge in [-0.3, -0.25) is 14.3 Å². The van der Waals surface area contributed by atoms with Crippen LogP contribution in [-0.4, -0.2) is 44.9 Å². The van der Waals surface area contributed by atoms with Gasteiger partial charge in [-0.2, -0.15) is 0 Å². The number of carbonyl (C=O) groups excluding carboxylic acids is 2. The Balaban J connectivity index is 1.67. The number of hydrogen-bond acceptors (Lipinski definition) is 5. The topological polar surface area (TPSA) is 92.8 Å². The summed E-state index contributed by atoms with van der Waals surface area (Å²) in [6, 6.07) is 10.9. The number of likely N-dealkylation sites (tertiary alicyclic amines) is 1. The van der Waals surface area contributed by atoms with Crippen molar-refractivity contribution in [3.63, 3.8) is 0 Å². The van der Waals surface area contributed by atoms with E-state index in [1.807, 2.05) is 6.92 Å². The second kappa shape index (κ2) is 9.70. The normalized spacial score (nSPS) is 14.9. The minimum Gasteiger partial charge on any atom is -0.466 e. The summed E-state index contributed by atoms with van der Waals surface area (Å²) in [7, 11) is -3.80. The van der Waals surface area contributed by atoms with Gasteiger partial charge in [-0.1, -0.05) is 29.3 Å². The van der Waals surface area contributed by atoms with Gasteiger partial charge in [-0.25, -0.2) is 8.42 Å². The molecule has 1 aliphatic rings. The Morgan fingerprint density at radius 1 is 1.13 bits per heavy atom. The fraction of sp³-hybridized carbons (Fsp3) is 0.364. The lowest BCUT2D eigenvalue weighted by molar-refractivity contribution is -0.149. The van der Waals surface area contributed by atoms with Crippen molar-refractivity contribution in [3.8, 4) is 0 Å². The zero-order chi connectivity index (χ0) is 22.6. The van der Waals surface area contributed by atoms with Gasteiger partial charge in [0, 0.05) is 18.7 Å². The lowest BCUT2D eigenvalue weighted by atomic mass is 9.96. The van der Waals surface area contributed by atoms with Crippen LogP contribution < -0.4 is 4.72 Å². The highest BCUT2D eigenvalue weighted by molar-refractivity contribution is 7.92. The summed E-state index contributed by atoms with van der Waals surface area (Å²) < 4.78 is 32.7. The van der Waals surface area contributed by atoms with Crippen LogP contribution >= 0.6 is 11.6 Å². The molecule has 0 unspecified atom stereocenters. The Kier molecular flexibility index (Phi) is 7.23. The number of nitrogens with zero attached hydrogens (tertiary/aromatic N) is 1. The predicted octanol–water partition coefficient (Wildman–Crippen LogP) is 3.86. The maximum absolute atomic E-state index is 12.8. The van der Waals surface area contributed by atoms with Crippen molar-refractivity contribution in [2.75, 3.05) is 24.4 Å². The molecule has 3 rings (SSSR count). The van der Waals surface area contributed by atoms with E-state index >= 15 is 0 Å². The molecule has 1 amide bonds. The number of piperidine rings is 1. The lowest BCUT2D eigenvalue weighted by Gasteiger charge is -2.31. The van der Waals surface area contributed by atoms with Crippen molar-refractivity contribution in [1.82, 2.24) is 4.90 Å². The molecule has 0 bridgehead atoms. The van der Waals surface area contributed by atoms with E-state index in [0.717, 1.165) is 5.56 Å². The average Bonchev–Trinajstić information content (AvgIpc) is 2.75. The van der Waals surface area contributed by atoms with E-state index in [-0.39, 0.29) is 33.4 Å². The zero-order valence-electron chi connectivity index (χ0n) is 17.4. The number of carbonyl (C=O) groups is 2.